The molecule has 2 aliphatic rings. The summed E-state index contributed by atoms with van der Waals surface area (Å²) < 4.78 is 1.64. The molecule has 1 aromatic rings. The van der Waals surface area contributed by atoms with Crippen molar-refractivity contribution in [1.29, 1.82) is 0 Å². The molecular weight excluding hydrogens is 264 g/mol. The van der Waals surface area contributed by atoms with E-state index in [2.05, 4.69) is 36.4 Å². The lowest BCUT2D eigenvalue weighted by molar-refractivity contribution is -0.121. The van der Waals surface area contributed by atoms with Gasteiger partial charge in [-0.15, -0.1) is 0 Å². The Morgan fingerprint density at radius 1 is 1.52 bits per heavy atom. The minimum atomic E-state index is -0.116. The number of hydrazone groups is 1. The van der Waals surface area contributed by atoms with Gasteiger partial charge in [-0.25, -0.2) is 5.43 Å². The number of rotatable bonds is 3. The van der Waals surface area contributed by atoms with E-state index in [0.717, 1.165) is 17.7 Å². The minimum absolute atomic E-state index is 0.116. The van der Waals surface area contributed by atoms with Crippen LogP contribution < -0.4 is 5.43 Å². The maximum atomic E-state index is 12.0. The molecule has 2 saturated carbocycles. The van der Waals surface area contributed by atoms with Crippen molar-refractivity contribution in [2.24, 2.45) is 21.8 Å². The third kappa shape index (κ3) is 2.19. The molecule has 1 heterocycles. The maximum Gasteiger partial charge on any atom is 0.261 e. The molecule has 1 amide bonds. The van der Waals surface area contributed by atoms with Crippen LogP contribution in [0.5, 0.6) is 0 Å². The van der Waals surface area contributed by atoms with E-state index >= 15 is 0 Å². The Morgan fingerprint density at radius 2 is 2.29 bits per heavy atom. The van der Waals surface area contributed by atoms with Crippen molar-refractivity contribution in [2.45, 2.75) is 53.5 Å². The molecule has 2 aliphatic carbocycles. The van der Waals surface area contributed by atoms with Crippen molar-refractivity contribution in [2.75, 3.05) is 0 Å². The average Bonchev–Trinajstić information content (AvgIpc) is 2.96. The first-order chi connectivity index (χ1) is 9.83. The second-order valence-corrected chi connectivity index (χ2v) is 7.30. The fourth-order valence-corrected chi connectivity index (χ4v) is 3.96. The number of carbonyl (C=O) groups excluding carboxylic acids is 1. The van der Waals surface area contributed by atoms with Crippen LogP contribution in [0.3, 0.4) is 0 Å². The van der Waals surface area contributed by atoms with Gasteiger partial charge in [-0.2, -0.15) is 10.2 Å². The van der Waals surface area contributed by atoms with Gasteiger partial charge in [0, 0.05) is 17.3 Å². The van der Waals surface area contributed by atoms with Gasteiger partial charge >= 0.3 is 0 Å². The van der Waals surface area contributed by atoms with E-state index in [0.29, 0.717) is 5.92 Å². The fraction of sp³-hybridized carbons (Fsp3) is 0.688. The van der Waals surface area contributed by atoms with E-state index in [1.165, 1.54) is 12.8 Å². The van der Waals surface area contributed by atoms with Gasteiger partial charge < -0.3 is 0 Å². The van der Waals surface area contributed by atoms with Crippen molar-refractivity contribution >= 4 is 11.6 Å². The Labute approximate surface area is 125 Å². The van der Waals surface area contributed by atoms with Crippen LogP contribution in [0.4, 0.5) is 0 Å². The summed E-state index contributed by atoms with van der Waals surface area (Å²) in [6.07, 6.45) is 7.08. The maximum absolute atomic E-state index is 12.0. The number of carbonyl (C=O) groups is 1. The predicted molar refractivity (Wildman–Crippen MR) is 81.8 cm³/mol. The Balaban J connectivity index is 1.66. The van der Waals surface area contributed by atoms with Gasteiger partial charge in [0.2, 0.25) is 0 Å². The lowest BCUT2D eigenvalue weighted by Crippen LogP contribution is -2.34. The predicted octanol–water partition coefficient (Wildman–Crippen LogP) is 2.51. The standard InChI is InChI=1S/C16H24N4O/c1-11-8-17-20(9-11)10-14(21)19-18-13-7-12-5-6-16(13,4)15(12,2)3/h8-9,12H,5-7,10H2,1-4H3,(H,19,21)/b18-13-. The zero-order chi connectivity index (χ0) is 15.3. The number of aromatic nitrogens is 2. The molecule has 2 atom stereocenters. The molecule has 0 saturated heterocycles. The lowest BCUT2D eigenvalue weighted by Gasteiger charge is -2.34. The van der Waals surface area contributed by atoms with Gasteiger partial charge in [-0.3, -0.25) is 9.48 Å². The molecule has 0 aromatic carbocycles. The number of amides is 1. The summed E-state index contributed by atoms with van der Waals surface area (Å²) in [6.45, 7) is 9.14. The Kier molecular flexibility index (Phi) is 3.19. The van der Waals surface area contributed by atoms with E-state index in [1.54, 1.807) is 10.9 Å². The Hall–Kier alpha value is -1.65. The molecule has 5 nitrogen and oxygen atoms in total. The molecular formula is C16H24N4O. The molecule has 1 aromatic heterocycles. The molecule has 21 heavy (non-hydrogen) atoms. The second-order valence-electron chi connectivity index (χ2n) is 7.30. The van der Waals surface area contributed by atoms with E-state index in [1.807, 2.05) is 13.1 Å². The van der Waals surface area contributed by atoms with Crippen molar-refractivity contribution in [3.63, 3.8) is 0 Å². The highest BCUT2D eigenvalue weighted by molar-refractivity contribution is 5.95. The van der Waals surface area contributed by atoms with Gasteiger partial charge in [-0.05, 0) is 43.1 Å². The number of aryl methyl sites for hydroxylation is 1. The summed E-state index contributed by atoms with van der Waals surface area (Å²) >= 11 is 0. The van der Waals surface area contributed by atoms with Crippen molar-refractivity contribution in [3.8, 4) is 0 Å². The first-order valence-electron chi connectivity index (χ1n) is 7.68. The SMILES string of the molecule is Cc1cnn(CC(=O)N/N=C2/CC3CCC2(C)C3(C)C)c1. The molecule has 3 rings (SSSR count). The van der Waals surface area contributed by atoms with Crippen LogP contribution in [0.2, 0.25) is 0 Å². The topological polar surface area (TPSA) is 59.3 Å². The molecule has 0 radical (unpaired) electrons. The van der Waals surface area contributed by atoms with E-state index in [9.17, 15) is 4.79 Å². The smallest absolute Gasteiger partial charge is 0.261 e. The molecule has 2 unspecified atom stereocenters. The van der Waals surface area contributed by atoms with Crippen LogP contribution in [-0.2, 0) is 11.3 Å². The second kappa shape index (κ2) is 4.68. The number of nitrogens with one attached hydrogen (secondary N) is 1. The van der Waals surface area contributed by atoms with Crippen molar-refractivity contribution in [3.05, 3.63) is 18.0 Å². The third-order valence-corrected chi connectivity index (χ3v) is 5.90. The molecule has 5 heteroatoms. The Morgan fingerprint density at radius 3 is 2.81 bits per heavy atom. The van der Waals surface area contributed by atoms with E-state index in [-0.39, 0.29) is 23.3 Å². The summed E-state index contributed by atoms with van der Waals surface area (Å²) in [7, 11) is 0. The van der Waals surface area contributed by atoms with Crippen LogP contribution in [0.1, 0.15) is 45.6 Å². The Bertz CT molecular complexity index is 601. The zero-order valence-electron chi connectivity index (χ0n) is 13.3. The molecule has 2 fully saturated rings. The van der Waals surface area contributed by atoms with Gasteiger partial charge in [-0.1, -0.05) is 20.8 Å². The monoisotopic (exact) mass is 288 g/mol. The summed E-state index contributed by atoms with van der Waals surface area (Å²) in [5, 5.41) is 8.57. The van der Waals surface area contributed by atoms with Crippen molar-refractivity contribution in [1.82, 2.24) is 15.2 Å². The number of hydrogen-bond acceptors (Lipinski definition) is 3. The highest BCUT2D eigenvalue weighted by atomic mass is 16.2. The first kappa shape index (κ1) is 14.3. The van der Waals surface area contributed by atoms with Gasteiger partial charge in [0.1, 0.15) is 6.54 Å². The lowest BCUT2D eigenvalue weighted by atomic mass is 9.70. The minimum Gasteiger partial charge on any atom is -0.271 e. The van der Waals surface area contributed by atoms with Gasteiger partial charge in [0.25, 0.3) is 5.91 Å². The summed E-state index contributed by atoms with van der Waals surface area (Å²) in [5.41, 5.74) is 5.35. The summed E-state index contributed by atoms with van der Waals surface area (Å²) in [6, 6.07) is 0. The quantitative estimate of drug-likeness (QED) is 0.869. The summed E-state index contributed by atoms with van der Waals surface area (Å²) in [4.78, 5) is 12.0. The average molecular weight is 288 g/mol. The van der Waals surface area contributed by atoms with Gasteiger partial charge in [0.15, 0.2) is 0 Å². The zero-order valence-corrected chi connectivity index (χ0v) is 13.3. The number of nitrogens with zero attached hydrogens (tertiary/aromatic N) is 3. The normalized spacial score (nSPS) is 31.8. The number of fused-ring (bicyclic) bond motifs is 2. The van der Waals surface area contributed by atoms with Crippen LogP contribution in [-0.4, -0.2) is 21.4 Å². The van der Waals surface area contributed by atoms with Crippen molar-refractivity contribution < 1.29 is 4.79 Å². The van der Waals surface area contributed by atoms with Gasteiger partial charge in [0.05, 0.1) is 6.20 Å². The van der Waals surface area contributed by atoms with Crippen LogP contribution in [0.15, 0.2) is 17.5 Å². The van der Waals surface area contributed by atoms with Crippen LogP contribution in [0, 0.1) is 23.7 Å². The molecule has 114 valence electrons. The molecule has 0 aliphatic heterocycles. The third-order valence-electron chi connectivity index (χ3n) is 5.90. The van der Waals surface area contributed by atoms with E-state index in [4.69, 9.17) is 0 Å². The first-order valence-corrected chi connectivity index (χ1v) is 7.68. The molecule has 0 spiro atoms. The fourth-order valence-electron chi connectivity index (χ4n) is 3.96. The van der Waals surface area contributed by atoms with Crippen LogP contribution in [0.25, 0.3) is 0 Å². The molecule has 1 N–H and O–H groups in total. The van der Waals surface area contributed by atoms with E-state index < -0.39 is 0 Å². The highest BCUT2D eigenvalue weighted by Gasteiger charge is 2.59. The van der Waals surface area contributed by atoms with Crippen LogP contribution >= 0.6 is 0 Å². The summed E-state index contributed by atoms with van der Waals surface area (Å²) in [5.74, 6) is 0.585. The molecule has 2 bridgehead atoms. The number of hydrogen-bond donors (Lipinski definition) is 1. The largest absolute Gasteiger partial charge is 0.271 e. The highest BCUT2D eigenvalue weighted by Crippen LogP contribution is 2.63.